The van der Waals surface area contributed by atoms with Gasteiger partial charge in [0, 0.05) is 44.4 Å². The lowest BCUT2D eigenvalue weighted by atomic mass is 10.0. The molecule has 0 radical (unpaired) electrons. The molecule has 2 aliphatic rings. The zero-order chi connectivity index (χ0) is 22.5. The number of carbonyl (C=O) groups is 4. The highest BCUT2D eigenvalue weighted by Gasteiger charge is 2.39. The van der Waals surface area contributed by atoms with Crippen molar-refractivity contribution in [1.29, 1.82) is 0 Å². The van der Waals surface area contributed by atoms with E-state index in [9.17, 15) is 19.2 Å². The molecule has 11 nitrogen and oxygen atoms in total. The molecule has 166 valence electrons. The van der Waals surface area contributed by atoms with Gasteiger partial charge in [0.1, 0.15) is 18.4 Å². The number of nitrogens with one attached hydrogen (secondary N) is 2. The van der Waals surface area contributed by atoms with Crippen LogP contribution in [0.4, 0.5) is 0 Å². The number of hydrogen-bond donors (Lipinski definition) is 2. The van der Waals surface area contributed by atoms with Crippen LogP contribution in [0.15, 0.2) is 43.2 Å². The van der Waals surface area contributed by atoms with Gasteiger partial charge in [-0.1, -0.05) is 0 Å². The van der Waals surface area contributed by atoms with Crippen molar-refractivity contribution in [2.45, 2.75) is 24.9 Å². The lowest BCUT2D eigenvalue weighted by Crippen LogP contribution is -2.63. The van der Waals surface area contributed by atoms with Gasteiger partial charge in [0.05, 0.1) is 17.7 Å². The minimum atomic E-state index is -0.959. The van der Waals surface area contributed by atoms with Crippen molar-refractivity contribution < 1.29 is 19.2 Å². The zero-order valence-corrected chi connectivity index (χ0v) is 17.3. The van der Waals surface area contributed by atoms with E-state index in [0.29, 0.717) is 24.1 Å². The molecule has 2 saturated heterocycles. The number of piperazine rings is 1. The van der Waals surface area contributed by atoms with E-state index < -0.39 is 18.0 Å². The number of aromatic nitrogens is 3. The Morgan fingerprint density at radius 2 is 1.81 bits per heavy atom. The summed E-state index contributed by atoms with van der Waals surface area (Å²) in [6.45, 7) is 0.955. The van der Waals surface area contributed by atoms with E-state index in [0.717, 1.165) is 6.42 Å². The second-order valence-corrected chi connectivity index (χ2v) is 7.63. The van der Waals surface area contributed by atoms with Crippen molar-refractivity contribution in [3.8, 4) is 0 Å². The fraction of sp³-hybridized carbons (Fsp3) is 0.381. The third-order valence-corrected chi connectivity index (χ3v) is 5.55. The number of rotatable bonds is 4. The quantitative estimate of drug-likeness (QED) is 0.641. The van der Waals surface area contributed by atoms with Crippen LogP contribution in [0.25, 0.3) is 0 Å². The number of hydrogen-bond acceptors (Lipinski definition) is 7. The van der Waals surface area contributed by atoms with Crippen LogP contribution in [0.2, 0.25) is 0 Å². The van der Waals surface area contributed by atoms with Crippen LogP contribution in [0, 0.1) is 0 Å². The molecule has 0 spiro atoms. The Morgan fingerprint density at radius 1 is 1.03 bits per heavy atom. The van der Waals surface area contributed by atoms with Gasteiger partial charge in [-0.15, -0.1) is 0 Å². The van der Waals surface area contributed by atoms with Gasteiger partial charge in [0.15, 0.2) is 0 Å². The second-order valence-electron chi connectivity index (χ2n) is 7.63. The summed E-state index contributed by atoms with van der Waals surface area (Å²) in [6, 6.07) is 1.64. The molecule has 11 heteroatoms. The molecule has 4 rings (SSSR count). The van der Waals surface area contributed by atoms with E-state index >= 15 is 0 Å². The van der Waals surface area contributed by atoms with Crippen molar-refractivity contribution in [2.75, 3.05) is 26.2 Å². The zero-order valence-electron chi connectivity index (χ0n) is 17.3. The van der Waals surface area contributed by atoms with Crippen molar-refractivity contribution in [3.05, 3.63) is 54.4 Å². The smallest absolute Gasteiger partial charge is 0.257 e. The summed E-state index contributed by atoms with van der Waals surface area (Å²) >= 11 is 0. The topological polar surface area (TPSA) is 137 Å². The summed E-state index contributed by atoms with van der Waals surface area (Å²) in [4.78, 5) is 66.0. The molecule has 32 heavy (non-hydrogen) atoms. The van der Waals surface area contributed by atoms with E-state index in [2.05, 4.69) is 25.6 Å². The first kappa shape index (κ1) is 21.3. The summed E-state index contributed by atoms with van der Waals surface area (Å²) in [7, 11) is 0. The highest BCUT2D eigenvalue weighted by atomic mass is 16.2. The SMILES string of the molecule is O=C(N[C@@H]1CCCNC1=O)[C@H]1CN(C(=O)c2cncnc2)CCN1C(=O)c1cccnc1. The van der Waals surface area contributed by atoms with Crippen LogP contribution in [0.3, 0.4) is 0 Å². The van der Waals surface area contributed by atoms with Crippen LogP contribution in [-0.2, 0) is 9.59 Å². The average molecular weight is 437 g/mol. The molecular formula is C21H23N7O4. The number of carbonyl (C=O) groups excluding carboxylic acids is 4. The lowest BCUT2D eigenvalue weighted by molar-refractivity contribution is -0.133. The molecule has 0 unspecified atom stereocenters. The summed E-state index contributed by atoms with van der Waals surface area (Å²) in [5.41, 5.74) is 0.641. The van der Waals surface area contributed by atoms with Crippen molar-refractivity contribution >= 4 is 23.6 Å². The fourth-order valence-corrected chi connectivity index (χ4v) is 3.86. The minimum absolute atomic E-state index is 0.0140. The van der Waals surface area contributed by atoms with Crippen molar-refractivity contribution in [2.24, 2.45) is 0 Å². The van der Waals surface area contributed by atoms with Gasteiger partial charge in [-0.3, -0.25) is 24.2 Å². The predicted molar refractivity (Wildman–Crippen MR) is 111 cm³/mol. The molecule has 2 atom stereocenters. The Kier molecular flexibility index (Phi) is 6.34. The summed E-state index contributed by atoms with van der Waals surface area (Å²) < 4.78 is 0. The normalized spacial score (nSPS) is 20.9. The molecule has 2 fully saturated rings. The maximum Gasteiger partial charge on any atom is 0.257 e. The first-order valence-corrected chi connectivity index (χ1v) is 10.4. The molecule has 2 aliphatic heterocycles. The number of nitrogens with zero attached hydrogens (tertiary/aromatic N) is 5. The van der Waals surface area contributed by atoms with E-state index in [1.165, 1.54) is 34.7 Å². The summed E-state index contributed by atoms with van der Waals surface area (Å²) in [5, 5.41) is 5.48. The molecule has 4 heterocycles. The molecule has 0 saturated carbocycles. The molecular weight excluding hydrogens is 414 g/mol. The Balaban J connectivity index is 1.56. The third kappa shape index (κ3) is 4.56. The summed E-state index contributed by atoms with van der Waals surface area (Å²) in [5.74, 6) is -1.42. The van der Waals surface area contributed by atoms with Crippen molar-refractivity contribution in [3.63, 3.8) is 0 Å². The van der Waals surface area contributed by atoms with E-state index in [4.69, 9.17) is 0 Å². The standard InChI is InChI=1S/C21H23N7O4/c29-18-16(4-2-6-25-18)26-19(30)17-12-27(20(31)15-10-23-13-24-11-15)7-8-28(17)21(32)14-3-1-5-22-9-14/h1,3,5,9-11,13,16-17H,2,4,6-8,12H2,(H,25,29)(H,26,30)/t16-,17-/m1/s1. The second kappa shape index (κ2) is 9.50. The maximum atomic E-state index is 13.2. The molecule has 0 bridgehead atoms. The Morgan fingerprint density at radius 3 is 2.53 bits per heavy atom. The molecule has 2 aromatic rings. The van der Waals surface area contributed by atoms with Gasteiger partial charge in [-0.2, -0.15) is 0 Å². The first-order valence-electron chi connectivity index (χ1n) is 10.4. The van der Waals surface area contributed by atoms with Crippen LogP contribution in [0.1, 0.15) is 33.6 Å². The molecule has 0 aromatic carbocycles. The van der Waals surface area contributed by atoms with Crippen LogP contribution in [0.5, 0.6) is 0 Å². The largest absolute Gasteiger partial charge is 0.354 e. The predicted octanol–water partition coefficient (Wildman–Crippen LogP) is -0.767. The monoisotopic (exact) mass is 437 g/mol. The van der Waals surface area contributed by atoms with E-state index in [-0.39, 0.29) is 37.4 Å². The first-order chi connectivity index (χ1) is 15.5. The van der Waals surface area contributed by atoms with Crippen LogP contribution >= 0.6 is 0 Å². The van der Waals surface area contributed by atoms with Crippen LogP contribution < -0.4 is 10.6 Å². The minimum Gasteiger partial charge on any atom is -0.354 e. The van der Waals surface area contributed by atoms with Crippen molar-refractivity contribution in [1.82, 2.24) is 35.4 Å². The highest BCUT2D eigenvalue weighted by Crippen LogP contribution is 2.17. The Labute approximate surface area is 184 Å². The third-order valence-electron chi connectivity index (χ3n) is 5.55. The number of piperidine rings is 1. The van der Waals surface area contributed by atoms with Crippen LogP contribution in [-0.4, -0.2) is 86.6 Å². The van der Waals surface area contributed by atoms with E-state index in [1.807, 2.05) is 0 Å². The highest BCUT2D eigenvalue weighted by molar-refractivity contribution is 5.99. The van der Waals surface area contributed by atoms with Gasteiger partial charge < -0.3 is 20.4 Å². The van der Waals surface area contributed by atoms with Gasteiger partial charge in [0.2, 0.25) is 11.8 Å². The van der Waals surface area contributed by atoms with Gasteiger partial charge in [-0.25, -0.2) is 9.97 Å². The van der Waals surface area contributed by atoms with Gasteiger partial charge in [-0.05, 0) is 25.0 Å². The molecule has 0 aliphatic carbocycles. The fourth-order valence-electron chi connectivity index (χ4n) is 3.86. The van der Waals surface area contributed by atoms with E-state index in [1.54, 1.807) is 18.3 Å². The summed E-state index contributed by atoms with van der Waals surface area (Å²) in [6.07, 6.45) is 8.40. The van der Waals surface area contributed by atoms with Gasteiger partial charge >= 0.3 is 0 Å². The number of pyridine rings is 1. The number of amides is 4. The lowest BCUT2D eigenvalue weighted by Gasteiger charge is -2.41. The average Bonchev–Trinajstić information content (AvgIpc) is 2.85. The molecule has 4 amide bonds. The molecule has 2 N–H and O–H groups in total. The van der Waals surface area contributed by atoms with Gasteiger partial charge in [0.25, 0.3) is 11.8 Å². The Hall–Kier alpha value is -3.89. The Bertz CT molecular complexity index is 1000. The molecule has 2 aromatic heterocycles. The maximum absolute atomic E-state index is 13.2.